The molecule has 0 atom stereocenters. The summed E-state index contributed by atoms with van der Waals surface area (Å²) in [6.07, 6.45) is 1.81. The smallest absolute Gasteiger partial charge is 0.129 e. The zero-order valence-electron chi connectivity index (χ0n) is 9.10. The number of aromatic nitrogens is 1. The van der Waals surface area contributed by atoms with Gasteiger partial charge in [0.2, 0.25) is 0 Å². The van der Waals surface area contributed by atoms with Crippen molar-refractivity contribution in [2.45, 2.75) is 6.54 Å². The number of hydrogen-bond acceptors (Lipinski definition) is 2. The number of hydrogen-bond donors (Lipinski definition) is 0. The molecule has 0 aliphatic heterocycles. The third-order valence-corrected chi connectivity index (χ3v) is 2.85. The lowest BCUT2D eigenvalue weighted by Crippen LogP contribution is -2.17. The topological polar surface area (TPSA) is 16.1 Å². The second-order valence-electron chi connectivity index (χ2n) is 3.67. The Bertz CT molecular complexity index is 456. The first-order valence-corrected chi connectivity index (χ1v) is 5.91. The van der Waals surface area contributed by atoms with Gasteiger partial charge in [-0.25, -0.2) is 4.98 Å². The Kier molecular flexibility index (Phi) is 3.57. The van der Waals surface area contributed by atoms with E-state index in [0.717, 1.165) is 16.8 Å². The SMILES string of the molecule is CN(Cc1ccccc1)c1cc(Br)ccn1. The summed E-state index contributed by atoms with van der Waals surface area (Å²) < 4.78 is 1.05. The van der Waals surface area contributed by atoms with Gasteiger partial charge in [0.05, 0.1) is 0 Å². The van der Waals surface area contributed by atoms with E-state index in [2.05, 4.69) is 50.1 Å². The van der Waals surface area contributed by atoms with Crippen molar-refractivity contribution in [3.8, 4) is 0 Å². The molecule has 2 nitrogen and oxygen atoms in total. The van der Waals surface area contributed by atoms with Crippen molar-refractivity contribution in [2.24, 2.45) is 0 Å². The first-order valence-electron chi connectivity index (χ1n) is 5.12. The van der Waals surface area contributed by atoms with Gasteiger partial charge in [0.15, 0.2) is 0 Å². The molecule has 0 saturated heterocycles. The van der Waals surface area contributed by atoms with E-state index in [0.29, 0.717) is 0 Å². The van der Waals surface area contributed by atoms with Crippen LogP contribution in [-0.2, 0) is 6.54 Å². The number of anilines is 1. The number of nitrogens with zero attached hydrogens (tertiary/aromatic N) is 2. The molecule has 16 heavy (non-hydrogen) atoms. The molecule has 0 N–H and O–H groups in total. The van der Waals surface area contributed by atoms with Gasteiger partial charge in [-0.05, 0) is 17.7 Å². The molecule has 0 unspecified atom stereocenters. The zero-order chi connectivity index (χ0) is 11.4. The maximum Gasteiger partial charge on any atom is 0.129 e. The number of halogens is 1. The van der Waals surface area contributed by atoms with E-state index < -0.39 is 0 Å². The van der Waals surface area contributed by atoms with Crippen LogP contribution < -0.4 is 4.90 Å². The van der Waals surface area contributed by atoms with Crippen LogP contribution in [0.1, 0.15) is 5.56 Å². The summed E-state index contributed by atoms with van der Waals surface area (Å²) in [6, 6.07) is 14.3. The van der Waals surface area contributed by atoms with Gasteiger partial charge in [-0.15, -0.1) is 0 Å². The highest BCUT2D eigenvalue weighted by Gasteiger charge is 2.03. The standard InChI is InChI=1S/C13H13BrN2/c1-16(10-11-5-3-2-4-6-11)13-9-12(14)7-8-15-13/h2-9H,10H2,1H3. The fraction of sp³-hybridized carbons (Fsp3) is 0.154. The lowest BCUT2D eigenvalue weighted by Gasteiger charge is -2.18. The predicted molar refractivity (Wildman–Crippen MR) is 70.5 cm³/mol. The summed E-state index contributed by atoms with van der Waals surface area (Å²) in [5.41, 5.74) is 1.28. The molecule has 0 amide bonds. The first kappa shape index (κ1) is 11.1. The van der Waals surface area contributed by atoms with Crippen LogP contribution in [0, 0.1) is 0 Å². The van der Waals surface area contributed by atoms with Crippen molar-refractivity contribution < 1.29 is 0 Å². The Morgan fingerprint density at radius 1 is 1.19 bits per heavy atom. The average Bonchev–Trinajstić information content (AvgIpc) is 2.30. The van der Waals surface area contributed by atoms with Crippen LogP contribution in [0.4, 0.5) is 5.82 Å². The molecule has 1 aromatic heterocycles. The molecule has 0 radical (unpaired) electrons. The van der Waals surface area contributed by atoms with Crippen LogP contribution in [0.2, 0.25) is 0 Å². The van der Waals surface area contributed by atoms with Crippen LogP contribution in [0.15, 0.2) is 53.1 Å². The highest BCUT2D eigenvalue weighted by Crippen LogP contribution is 2.17. The van der Waals surface area contributed by atoms with Gasteiger partial charge in [-0.3, -0.25) is 0 Å². The van der Waals surface area contributed by atoms with E-state index in [1.165, 1.54) is 5.56 Å². The molecule has 82 valence electrons. The van der Waals surface area contributed by atoms with E-state index in [1.807, 2.05) is 25.2 Å². The molecule has 0 aliphatic carbocycles. The van der Waals surface area contributed by atoms with Crippen LogP contribution in [0.3, 0.4) is 0 Å². The molecule has 2 aromatic rings. The monoisotopic (exact) mass is 276 g/mol. The van der Waals surface area contributed by atoms with E-state index in [-0.39, 0.29) is 0 Å². The molecule has 1 aromatic carbocycles. The van der Waals surface area contributed by atoms with Crippen molar-refractivity contribution in [1.29, 1.82) is 0 Å². The lowest BCUT2D eigenvalue weighted by molar-refractivity contribution is 0.897. The van der Waals surface area contributed by atoms with Crippen LogP contribution >= 0.6 is 15.9 Å². The van der Waals surface area contributed by atoms with Gasteiger partial charge < -0.3 is 4.90 Å². The van der Waals surface area contributed by atoms with E-state index in [1.54, 1.807) is 6.20 Å². The van der Waals surface area contributed by atoms with Crippen LogP contribution in [-0.4, -0.2) is 12.0 Å². The van der Waals surface area contributed by atoms with Crippen molar-refractivity contribution in [1.82, 2.24) is 4.98 Å². The second-order valence-corrected chi connectivity index (χ2v) is 4.59. The average molecular weight is 277 g/mol. The normalized spacial score (nSPS) is 10.1. The third-order valence-electron chi connectivity index (χ3n) is 2.36. The lowest BCUT2D eigenvalue weighted by atomic mass is 10.2. The molecule has 1 heterocycles. The minimum Gasteiger partial charge on any atom is -0.355 e. The Hall–Kier alpha value is -1.35. The number of rotatable bonds is 3. The number of pyridine rings is 1. The molecule has 3 heteroatoms. The van der Waals surface area contributed by atoms with Gasteiger partial charge in [0.25, 0.3) is 0 Å². The van der Waals surface area contributed by atoms with Crippen molar-refractivity contribution in [3.63, 3.8) is 0 Å². The molecule has 0 saturated carbocycles. The van der Waals surface area contributed by atoms with Gasteiger partial charge in [-0.1, -0.05) is 46.3 Å². The summed E-state index contributed by atoms with van der Waals surface area (Å²) in [6.45, 7) is 0.865. The molecule has 0 aliphatic rings. The molecular formula is C13H13BrN2. The van der Waals surface area contributed by atoms with Gasteiger partial charge in [0.1, 0.15) is 5.82 Å². The van der Waals surface area contributed by atoms with Crippen LogP contribution in [0.25, 0.3) is 0 Å². The Morgan fingerprint density at radius 2 is 1.94 bits per heavy atom. The van der Waals surface area contributed by atoms with Gasteiger partial charge in [0, 0.05) is 24.3 Å². The van der Waals surface area contributed by atoms with E-state index in [9.17, 15) is 0 Å². The van der Waals surface area contributed by atoms with Crippen LogP contribution in [0.5, 0.6) is 0 Å². The quantitative estimate of drug-likeness (QED) is 0.853. The van der Waals surface area contributed by atoms with Crippen molar-refractivity contribution in [3.05, 3.63) is 58.7 Å². The highest BCUT2D eigenvalue weighted by molar-refractivity contribution is 9.10. The van der Waals surface area contributed by atoms with Gasteiger partial charge >= 0.3 is 0 Å². The Morgan fingerprint density at radius 3 is 2.62 bits per heavy atom. The summed E-state index contributed by atoms with van der Waals surface area (Å²) in [4.78, 5) is 6.46. The summed E-state index contributed by atoms with van der Waals surface area (Å²) in [5.74, 6) is 0.971. The summed E-state index contributed by atoms with van der Waals surface area (Å²) >= 11 is 3.45. The molecule has 0 fully saturated rings. The van der Waals surface area contributed by atoms with Gasteiger partial charge in [-0.2, -0.15) is 0 Å². The van der Waals surface area contributed by atoms with E-state index >= 15 is 0 Å². The summed E-state index contributed by atoms with van der Waals surface area (Å²) in [5, 5.41) is 0. The van der Waals surface area contributed by atoms with E-state index in [4.69, 9.17) is 0 Å². The maximum absolute atomic E-state index is 4.33. The van der Waals surface area contributed by atoms with Crippen molar-refractivity contribution in [2.75, 3.05) is 11.9 Å². The predicted octanol–water partition coefficient (Wildman–Crippen LogP) is 3.48. The molecular weight excluding hydrogens is 264 g/mol. The van der Waals surface area contributed by atoms with Crippen molar-refractivity contribution >= 4 is 21.7 Å². The summed E-state index contributed by atoms with van der Waals surface area (Å²) in [7, 11) is 2.04. The second kappa shape index (κ2) is 5.12. The number of benzene rings is 1. The fourth-order valence-corrected chi connectivity index (χ4v) is 1.86. The molecule has 0 spiro atoms. The Balaban J connectivity index is 2.12. The fourth-order valence-electron chi connectivity index (χ4n) is 1.54. The first-order chi connectivity index (χ1) is 7.75. The maximum atomic E-state index is 4.33. The molecule has 2 rings (SSSR count). The zero-order valence-corrected chi connectivity index (χ0v) is 10.7. The third kappa shape index (κ3) is 2.83. The minimum absolute atomic E-state index is 0.865. The Labute approximate surface area is 104 Å². The highest BCUT2D eigenvalue weighted by atomic mass is 79.9. The minimum atomic E-state index is 0.865. The molecule has 0 bridgehead atoms. The largest absolute Gasteiger partial charge is 0.355 e.